The Labute approximate surface area is 125 Å². The second-order valence-corrected chi connectivity index (χ2v) is 5.37. The summed E-state index contributed by atoms with van der Waals surface area (Å²) < 4.78 is 11.2. The standard InChI is InChI=1S/C15H22ClNO3/c1-4-20-15-12(11(3)18)9-13(16)10(2)14(15)17-5-7-19-8-6-17/h9,11,18H,4-8H2,1-3H3. The molecule has 0 radical (unpaired) electrons. The summed E-state index contributed by atoms with van der Waals surface area (Å²) in [5, 5.41) is 10.6. The van der Waals surface area contributed by atoms with Gasteiger partial charge in [-0.3, -0.25) is 0 Å². The van der Waals surface area contributed by atoms with Crippen LogP contribution in [0.2, 0.25) is 5.02 Å². The molecule has 0 bridgehead atoms. The Morgan fingerprint density at radius 3 is 2.65 bits per heavy atom. The molecule has 0 saturated carbocycles. The third-order valence-electron chi connectivity index (χ3n) is 3.54. The number of benzene rings is 1. The van der Waals surface area contributed by atoms with Crippen molar-refractivity contribution in [3.8, 4) is 5.75 Å². The minimum absolute atomic E-state index is 0.554. The Hall–Kier alpha value is -0.970. The van der Waals surface area contributed by atoms with Crippen LogP contribution in [0.3, 0.4) is 0 Å². The van der Waals surface area contributed by atoms with Crippen LogP contribution >= 0.6 is 11.6 Å². The summed E-state index contributed by atoms with van der Waals surface area (Å²) in [7, 11) is 0. The molecule has 1 aliphatic rings. The van der Waals surface area contributed by atoms with E-state index in [0.717, 1.165) is 35.7 Å². The predicted octanol–water partition coefficient (Wildman–Crippen LogP) is 2.94. The zero-order valence-electron chi connectivity index (χ0n) is 12.3. The van der Waals surface area contributed by atoms with Crippen LogP contribution in [0.15, 0.2) is 6.07 Å². The molecule has 2 rings (SSSR count). The second-order valence-electron chi connectivity index (χ2n) is 4.96. The van der Waals surface area contributed by atoms with Gasteiger partial charge >= 0.3 is 0 Å². The zero-order valence-corrected chi connectivity index (χ0v) is 13.0. The normalized spacial score (nSPS) is 17.1. The molecule has 1 aliphatic heterocycles. The lowest BCUT2D eigenvalue weighted by atomic mass is 10.0. The number of ether oxygens (including phenoxy) is 2. The molecular weight excluding hydrogens is 278 g/mol. The third-order valence-corrected chi connectivity index (χ3v) is 3.93. The molecule has 1 heterocycles. The van der Waals surface area contributed by atoms with Crippen molar-refractivity contribution >= 4 is 17.3 Å². The van der Waals surface area contributed by atoms with Gasteiger partial charge in [-0.25, -0.2) is 0 Å². The monoisotopic (exact) mass is 299 g/mol. The van der Waals surface area contributed by atoms with Crippen molar-refractivity contribution in [3.63, 3.8) is 0 Å². The minimum Gasteiger partial charge on any atom is -0.491 e. The highest BCUT2D eigenvalue weighted by molar-refractivity contribution is 6.32. The first-order valence-electron chi connectivity index (χ1n) is 7.02. The van der Waals surface area contributed by atoms with Gasteiger partial charge in [0.1, 0.15) is 5.75 Å². The number of aliphatic hydroxyl groups is 1. The van der Waals surface area contributed by atoms with E-state index in [1.807, 2.05) is 13.8 Å². The largest absolute Gasteiger partial charge is 0.491 e. The summed E-state index contributed by atoms with van der Waals surface area (Å²) in [6.07, 6.45) is -0.616. The van der Waals surface area contributed by atoms with E-state index in [1.165, 1.54) is 0 Å². The first-order valence-corrected chi connectivity index (χ1v) is 7.40. The molecule has 112 valence electrons. The summed E-state index contributed by atoms with van der Waals surface area (Å²) in [5.74, 6) is 0.742. The number of hydrogen-bond donors (Lipinski definition) is 1. The number of halogens is 1. The van der Waals surface area contributed by atoms with E-state index in [4.69, 9.17) is 21.1 Å². The second kappa shape index (κ2) is 6.66. The van der Waals surface area contributed by atoms with E-state index >= 15 is 0 Å². The molecule has 0 amide bonds. The number of rotatable bonds is 4. The van der Waals surface area contributed by atoms with Crippen molar-refractivity contribution in [1.82, 2.24) is 0 Å². The molecular formula is C15H22ClNO3. The Morgan fingerprint density at radius 2 is 2.10 bits per heavy atom. The van der Waals surface area contributed by atoms with Crippen LogP contribution in [0, 0.1) is 6.92 Å². The number of hydrogen-bond acceptors (Lipinski definition) is 4. The quantitative estimate of drug-likeness (QED) is 0.928. The Morgan fingerprint density at radius 1 is 1.45 bits per heavy atom. The fourth-order valence-corrected chi connectivity index (χ4v) is 2.71. The molecule has 1 aromatic carbocycles. The molecule has 20 heavy (non-hydrogen) atoms. The van der Waals surface area contributed by atoms with Crippen molar-refractivity contribution in [1.29, 1.82) is 0 Å². The van der Waals surface area contributed by atoms with Gasteiger partial charge in [0.25, 0.3) is 0 Å². The van der Waals surface area contributed by atoms with Crippen LogP contribution in [-0.2, 0) is 4.74 Å². The van der Waals surface area contributed by atoms with Gasteiger partial charge in [-0.2, -0.15) is 0 Å². The highest BCUT2D eigenvalue weighted by atomic mass is 35.5. The van der Waals surface area contributed by atoms with Gasteiger partial charge in [0.2, 0.25) is 0 Å². The van der Waals surface area contributed by atoms with Crippen LogP contribution < -0.4 is 9.64 Å². The van der Waals surface area contributed by atoms with E-state index in [0.29, 0.717) is 24.8 Å². The third kappa shape index (κ3) is 3.03. The van der Waals surface area contributed by atoms with Crippen molar-refractivity contribution in [2.75, 3.05) is 37.8 Å². The first kappa shape index (κ1) is 15.4. The topological polar surface area (TPSA) is 41.9 Å². The van der Waals surface area contributed by atoms with E-state index < -0.39 is 6.10 Å². The van der Waals surface area contributed by atoms with Crippen LogP contribution in [0.1, 0.15) is 31.1 Å². The fraction of sp³-hybridized carbons (Fsp3) is 0.600. The maximum absolute atomic E-state index is 9.99. The zero-order chi connectivity index (χ0) is 14.7. The van der Waals surface area contributed by atoms with Crippen LogP contribution in [-0.4, -0.2) is 38.0 Å². The molecule has 5 heteroatoms. The molecule has 1 atom stereocenters. The molecule has 1 aromatic rings. The van der Waals surface area contributed by atoms with Crippen LogP contribution in [0.5, 0.6) is 5.75 Å². The molecule has 0 spiro atoms. The van der Waals surface area contributed by atoms with Gasteiger partial charge in [-0.1, -0.05) is 11.6 Å². The SMILES string of the molecule is CCOc1c(C(C)O)cc(Cl)c(C)c1N1CCOCC1. The molecule has 1 unspecified atom stereocenters. The molecule has 1 fully saturated rings. The molecule has 1 N–H and O–H groups in total. The van der Waals surface area contributed by atoms with Crippen molar-refractivity contribution in [2.24, 2.45) is 0 Å². The molecule has 1 saturated heterocycles. The van der Waals surface area contributed by atoms with Gasteiger partial charge in [0.05, 0.1) is 31.6 Å². The van der Waals surface area contributed by atoms with Crippen molar-refractivity contribution < 1.29 is 14.6 Å². The van der Waals surface area contributed by atoms with Gasteiger partial charge in [-0.15, -0.1) is 0 Å². The lowest BCUT2D eigenvalue weighted by Crippen LogP contribution is -2.37. The average molecular weight is 300 g/mol. The Kier molecular flexibility index (Phi) is 5.13. The van der Waals surface area contributed by atoms with Gasteiger partial charge < -0.3 is 19.5 Å². The molecule has 0 aliphatic carbocycles. The van der Waals surface area contributed by atoms with E-state index in [1.54, 1.807) is 13.0 Å². The number of anilines is 1. The minimum atomic E-state index is -0.616. The highest BCUT2D eigenvalue weighted by Gasteiger charge is 2.24. The number of morpholine rings is 1. The van der Waals surface area contributed by atoms with Crippen molar-refractivity contribution in [3.05, 3.63) is 22.2 Å². The summed E-state index contributed by atoms with van der Waals surface area (Å²) in [5.41, 5.74) is 2.71. The van der Waals surface area contributed by atoms with Gasteiger partial charge in [-0.05, 0) is 32.4 Å². The van der Waals surface area contributed by atoms with Crippen LogP contribution in [0.4, 0.5) is 5.69 Å². The summed E-state index contributed by atoms with van der Waals surface area (Å²) >= 11 is 6.33. The highest BCUT2D eigenvalue weighted by Crippen LogP contribution is 2.42. The Balaban J connectivity index is 2.55. The van der Waals surface area contributed by atoms with E-state index in [2.05, 4.69) is 4.90 Å². The fourth-order valence-electron chi connectivity index (χ4n) is 2.50. The van der Waals surface area contributed by atoms with Gasteiger partial charge in [0, 0.05) is 23.7 Å². The predicted molar refractivity (Wildman–Crippen MR) is 81.0 cm³/mol. The number of aliphatic hydroxyl groups excluding tert-OH is 1. The first-order chi connectivity index (χ1) is 9.56. The summed E-state index contributed by atoms with van der Waals surface area (Å²) in [6, 6.07) is 1.80. The van der Waals surface area contributed by atoms with E-state index in [9.17, 15) is 5.11 Å². The van der Waals surface area contributed by atoms with Crippen LogP contribution in [0.25, 0.3) is 0 Å². The van der Waals surface area contributed by atoms with Crippen molar-refractivity contribution in [2.45, 2.75) is 26.9 Å². The smallest absolute Gasteiger partial charge is 0.148 e. The van der Waals surface area contributed by atoms with Gasteiger partial charge in [0.15, 0.2) is 0 Å². The average Bonchev–Trinajstić information content (AvgIpc) is 2.44. The molecule has 0 aromatic heterocycles. The Bertz CT molecular complexity index is 471. The molecule has 4 nitrogen and oxygen atoms in total. The maximum Gasteiger partial charge on any atom is 0.148 e. The number of nitrogens with zero attached hydrogens (tertiary/aromatic N) is 1. The lowest BCUT2D eigenvalue weighted by molar-refractivity contribution is 0.122. The summed E-state index contributed by atoms with van der Waals surface area (Å²) in [6.45, 7) is 9.22. The van der Waals surface area contributed by atoms with E-state index in [-0.39, 0.29) is 0 Å². The summed E-state index contributed by atoms with van der Waals surface area (Å²) in [4.78, 5) is 2.22. The lowest BCUT2D eigenvalue weighted by Gasteiger charge is -2.33. The maximum atomic E-state index is 9.99.